The highest BCUT2D eigenvalue weighted by molar-refractivity contribution is 9.10. The van der Waals surface area contributed by atoms with Crippen molar-refractivity contribution in [3.05, 3.63) is 40.3 Å². The van der Waals surface area contributed by atoms with Gasteiger partial charge in [-0.1, -0.05) is 11.6 Å². The first-order chi connectivity index (χ1) is 9.15. The van der Waals surface area contributed by atoms with Crippen molar-refractivity contribution in [2.45, 2.75) is 19.4 Å². The molecule has 2 aromatic rings. The van der Waals surface area contributed by atoms with E-state index in [-0.39, 0.29) is 5.91 Å². The summed E-state index contributed by atoms with van der Waals surface area (Å²) < 4.78 is 2.46. The second-order valence-corrected chi connectivity index (χ2v) is 5.20. The molecule has 0 saturated heterocycles. The summed E-state index contributed by atoms with van der Waals surface area (Å²) in [6.07, 6.45) is 4.25. The lowest BCUT2D eigenvalue weighted by Gasteiger charge is -2.06. The van der Waals surface area contributed by atoms with Crippen LogP contribution in [0.3, 0.4) is 0 Å². The van der Waals surface area contributed by atoms with Gasteiger partial charge in [0.15, 0.2) is 0 Å². The van der Waals surface area contributed by atoms with E-state index in [0.29, 0.717) is 24.4 Å². The van der Waals surface area contributed by atoms with Crippen molar-refractivity contribution in [1.29, 1.82) is 0 Å². The van der Waals surface area contributed by atoms with Gasteiger partial charge in [0.05, 0.1) is 5.02 Å². The molecule has 0 saturated carbocycles. The Balaban J connectivity index is 1.79. The van der Waals surface area contributed by atoms with Gasteiger partial charge in [-0.25, -0.2) is 4.98 Å². The van der Waals surface area contributed by atoms with Gasteiger partial charge in [0.25, 0.3) is 0 Å². The van der Waals surface area contributed by atoms with Gasteiger partial charge in [-0.2, -0.15) is 5.10 Å². The van der Waals surface area contributed by atoms with Crippen molar-refractivity contribution in [3.8, 4) is 0 Å². The molecule has 5 nitrogen and oxygen atoms in total. The van der Waals surface area contributed by atoms with Crippen LogP contribution in [0.25, 0.3) is 0 Å². The molecule has 0 unspecified atom stereocenters. The molecule has 2 rings (SSSR count). The first-order valence-electron chi connectivity index (χ1n) is 5.72. The number of halogens is 2. The van der Waals surface area contributed by atoms with E-state index < -0.39 is 0 Å². The Hall–Kier alpha value is -1.40. The van der Waals surface area contributed by atoms with Crippen LogP contribution in [0.5, 0.6) is 0 Å². The summed E-state index contributed by atoms with van der Waals surface area (Å²) in [4.78, 5) is 15.6. The number of nitrogens with one attached hydrogen (secondary N) is 1. The Morgan fingerprint density at radius 1 is 1.47 bits per heavy atom. The number of amides is 1. The molecule has 0 spiro atoms. The lowest BCUT2D eigenvalue weighted by Crippen LogP contribution is -2.12. The number of nitrogens with zero attached hydrogens (tertiary/aromatic N) is 3. The maximum atomic E-state index is 11.7. The van der Waals surface area contributed by atoms with Crippen LogP contribution in [0.2, 0.25) is 5.02 Å². The van der Waals surface area contributed by atoms with Gasteiger partial charge in [0.2, 0.25) is 5.91 Å². The van der Waals surface area contributed by atoms with E-state index in [4.69, 9.17) is 11.6 Å². The first-order valence-corrected chi connectivity index (χ1v) is 6.89. The van der Waals surface area contributed by atoms with Crippen molar-refractivity contribution < 1.29 is 4.79 Å². The average molecular weight is 344 g/mol. The normalized spacial score (nSPS) is 10.4. The second kappa shape index (κ2) is 6.68. The SMILES string of the molecule is O=C(CCCn1cncn1)Nc1ccc(Cl)c(Br)c1. The smallest absolute Gasteiger partial charge is 0.224 e. The molecule has 1 amide bonds. The molecule has 7 heteroatoms. The molecule has 1 aromatic carbocycles. The van der Waals surface area contributed by atoms with Gasteiger partial charge in [-0.3, -0.25) is 9.48 Å². The zero-order valence-corrected chi connectivity index (χ0v) is 12.4. The van der Waals surface area contributed by atoms with Crippen molar-refractivity contribution >= 4 is 39.1 Å². The van der Waals surface area contributed by atoms with E-state index in [1.165, 1.54) is 6.33 Å². The Labute approximate surface area is 124 Å². The maximum absolute atomic E-state index is 11.7. The number of aryl methyl sites for hydroxylation is 1. The van der Waals surface area contributed by atoms with E-state index >= 15 is 0 Å². The minimum atomic E-state index is -0.0330. The lowest BCUT2D eigenvalue weighted by molar-refractivity contribution is -0.116. The van der Waals surface area contributed by atoms with Crippen LogP contribution in [0.1, 0.15) is 12.8 Å². The molecule has 1 N–H and O–H groups in total. The Bertz CT molecular complexity index is 559. The van der Waals surface area contributed by atoms with Crippen LogP contribution in [0.15, 0.2) is 35.3 Å². The van der Waals surface area contributed by atoms with Crippen LogP contribution in [0, 0.1) is 0 Å². The molecule has 0 atom stereocenters. The highest BCUT2D eigenvalue weighted by Crippen LogP contribution is 2.25. The van der Waals surface area contributed by atoms with Crippen LogP contribution in [0.4, 0.5) is 5.69 Å². The van der Waals surface area contributed by atoms with Gasteiger partial charge in [0.1, 0.15) is 12.7 Å². The third kappa shape index (κ3) is 4.33. The van der Waals surface area contributed by atoms with Gasteiger partial charge >= 0.3 is 0 Å². The third-order valence-corrected chi connectivity index (χ3v) is 3.67. The highest BCUT2D eigenvalue weighted by Gasteiger charge is 2.04. The fourth-order valence-corrected chi connectivity index (χ4v) is 2.04. The number of rotatable bonds is 5. The average Bonchev–Trinajstić information content (AvgIpc) is 2.87. The third-order valence-electron chi connectivity index (χ3n) is 2.46. The summed E-state index contributed by atoms with van der Waals surface area (Å²) in [5.74, 6) is -0.0330. The topological polar surface area (TPSA) is 59.8 Å². The molecule has 0 radical (unpaired) electrons. The molecule has 0 fully saturated rings. The molecular formula is C12H12BrClN4O. The van der Waals surface area contributed by atoms with Crippen LogP contribution in [-0.2, 0) is 11.3 Å². The van der Waals surface area contributed by atoms with Gasteiger partial charge in [-0.15, -0.1) is 0 Å². The number of hydrogen-bond donors (Lipinski definition) is 1. The Morgan fingerprint density at radius 2 is 2.32 bits per heavy atom. The zero-order valence-electron chi connectivity index (χ0n) is 10.0. The highest BCUT2D eigenvalue weighted by atomic mass is 79.9. The molecule has 100 valence electrons. The zero-order chi connectivity index (χ0) is 13.7. The van der Waals surface area contributed by atoms with E-state index in [1.54, 1.807) is 29.2 Å². The Morgan fingerprint density at radius 3 is 3.00 bits per heavy atom. The molecule has 0 aliphatic carbocycles. The van der Waals surface area contributed by atoms with Crippen molar-refractivity contribution in [1.82, 2.24) is 14.8 Å². The number of benzene rings is 1. The molecule has 0 aliphatic rings. The summed E-state index contributed by atoms with van der Waals surface area (Å²) in [6, 6.07) is 5.27. The Kier molecular flexibility index (Phi) is 4.93. The van der Waals surface area contributed by atoms with Gasteiger partial charge < -0.3 is 5.32 Å². The second-order valence-electron chi connectivity index (χ2n) is 3.94. The van der Waals surface area contributed by atoms with Crippen molar-refractivity contribution in [2.75, 3.05) is 5.32 Å². The minimum Gasteiger partial charge on any atom is -0.326 e. The number of carbonyl (C=O) groups excluding carboxylic acids is 1. The molecule has 0 aliphatic heterocycles. The monoisotopic (exact) mass is 342 g/mol. The first kappa shape index (κ1) is 14.0. The van der Waals surface area contributed by atoms with E-state index in [0.717, 1.165) is 10.2 Å². The van der Waals surface area contributed by atoms with Gasteiger partial charge in [-0.05, 0) is 40.5 Å². The molecular weight excluding hydrogens is 332 g/mol. The quantitative estimate of drug-likeness (QED) is 0.907. The number of anilines is 1. The largest absolute Gasteiger partial charge is 0.326 e. The maximum Gasteiger partial charge on any atom is 0.224 e. The van der Waals surface area contributed by atoms with E-state index in [9.17, 15) is 4.79 Å². The molecule has 1 aromatic heterocycles. The summed E-state index contributed by atoms with van der Waals surface area (Å²) in [5, 5.41) is 7.40. The van der Waals surface area contributed by atoms with Crippen LogP contribution >= 0.6 is 27.5 Å². The van der Waals surface area contributed by atoms with Crippen LogP contribution < -0.4 is 5.32 Å². The van der Waals surface area contributed by atoms with Crippen LogP contribution in [-0.4, -0.2) is 20.7 Å². The molecule has 0 bridgehead atoms. The predicted octanol–water partition coefficient (Wildman–Crippen LogP) is 3.11. The standard InChI is InChI=1S/C12H12BrClN4O/c13-10-6-9(3-4-11(10)14)17-12(19)2-1-5-18-8-15-7-16-18/h3-4,6-8H,1-2,5H2,(H,17,19). The number of aromatic nitrogens is 3. The molecule has 1 heterocycles. The lowest BCUT2D eigenvalue weighted by atomic mass is 10.2. The van der Waals surface area contributed by atoms with E-state index in [2.05, 4.69) is 31.3 Å². The fourth-order valence-electron chi connectivity index (χ4n) is 1.55. The minimum absolute atomic E-state index is 0.0330. The summed E-state index contributed by atoms with van der Waals surface area (Å²) in [7, 11) is 0. The molecule has 19 heavy (non-hydrogen) atoms. The van der Waals surface area contributed by atoms with Crippen molar-refractivity contribution in [2.24, 2.45) is 0 Å². The number of carbonyl (C=O) groups is 1. The predicted molar refractivity (Wildman–Crippen MR) is 77.0 cm³/mol. The summed E-state index contributed by atoms with van der Waals surface area (Å²) in [6.45, 7) is 0.678. The number of hydrogen-bond acceptors (Lipinski definition) is 3. The van der Waals surface area contributed by atoms with E-state index in [1.807, 2.05) is 0 Å². The summed E-state index contributed by atoms with van der Waals surface area (Å²) >= 11 is 9.20. The fraction of sp³-hybridized carbons (Fsp3) is 0.250. The van der Waals surface area contributed by atoms with Crippen molar-refractivity contribution in [3.63, 3.8) is 0 Å². The summed E-state index contributed by atoms with van der Waals surface area (Å²) in [5.41, 5.74) is 0.724. The van der Waals surface area contributed by atoms with Gasteiger partial charge in [0, 0.05) is 23.1 Å².